The smallest absolute Gasteiger partial charge is 0.123 e. The van der Waals surface area contributed by atoms with Crippen LogP contribution in [0.5, 0.6) is 5.75 Å². The molecule has 2 rings (SSSR count). The summed E-state index contributed by atoms with van der Waals surface area (Å²) in [6.45, 7) is 11.9. The van der Waals surface area contributed by atoms with E-state index in [1.165, 1.54) is 25.2 Å². The Hall–Kier alpha value is -1.06. The molecular weight excluding hydrogens is 224 g/mol. The largest absolute Gasteiger partial charge is 0.494 e. The normalized spacial score (nSPS) is 17.9. The van der Waals surface area contributed by atoms with Crippen LogP contribution in [0, 0.1) is 0 Å². The van der Waals surface area contributed by atoms with Gasteiger partial charge in [0.25, 0.3) is 0 Å². The zero-order chi connectivity index (χ0) is 12.8. The average molecular weight is 248 g/mol. The number of rotatable bonds is 5. The highest BCUT2D eigenvalue weighted by molar-refractivity contribution is 5.33. The average Bonchev–Trinajstić information content (AvgIpc) is 2.42. The molecule has 0 amide bonds. The summed E-state index contributed by atoms with van der Waals surface area (Å²) in [5.74, 6) is 1.04. The van der Waals surface area contributed by atoms with Gasteiger partial charge < -0.3 is 9.64 Å². The molecule has 1 aromatic rings. The van der Waals surface area contributed by atoms with Crippen LogP contribution in [-0.4, -0.2) is 49.1 Å². The number of hydrogen-bond acceptors (Lipinski definition) is 3. The van der Waals surface area contributed by atoms with E-state index in [-0.39, 0.29) is 0 Å². The maximum atomic E-state index is 5.68. The van der Waals surface area contributed by atoms with Gasteiger partial charge in [0.15, 0.2) is 0 Å². The third-order valence-corrected chi connectivity index (χ3v) is 3.58. The van der Waals surface area contributed by atoms with Gasteiger partial charge >= 0.3 is 0 Å². The van der Waals surface area contributed by atoms with Crippen molar-refractivity contribution < 1.29 is 4.74 Å². The minimum Gasteiger partial charge on any atom is -0.494 e. The number of likely N-dealkylation sites (N-methyl/N-ethyl adjacent to an activating group) is 1. The van der Waals surface area contributed by atoms with Crippen LogP contribution >= 0.6 is 0 Å². The fourth-order valence-corrected chi connectivity index (χ4v) is 2.44. The van der Waals surface area contributed by atoms with E-state index in [9.17, 15) is 0 Å². The molecule has 1 saturated heterocycles. The summed E-state index contributed by atoms with van der Waals surface area (Å²) in [6.07, 6.45) is 0. The molecule has 0 saturated carbocycles. The molecule has 0 N–H and O–H groups in total. The Bertz CT molecular complexity index is 359. The van der Waals surface area contributed by atoms with Gasteiger partial charge in [-0.2, -0.15) is 0 Å². The number of ether oxygens (including phenoxy) is 1. The van der Waals surface area contributed by atoms with Gasteiger partial charge in [0, 0.05) is 38.3 Å². The zero-order valence-electron chi connectivity index (χ0n) is 11.6. The summed E-state index contributed by atoms with van der Waals surface area (Å²) < 4.78 is 5.68. The van der Waals surface area contributed by atoms with Gasteiger partial charge in [-0.3, -0.25) is 4.90 Å². The van der Waals surface area contributed by atoms with Gasteiger partial charge in [0.1, 0.15) is 5.75 Å². The van der Waals surface area contributed by atoms with E-state index in [2.05, 4.69) is 34.9 Å². The van der Waals surface area contributed by atoms with Crippen LogP contribution in [0.15, 0.2) is 24.3 Å². The maximum absolute atomic E-state index is 5.68. The lowest BCUT2D eigenvalue weighted by molar-refractivity contribution is 0.131. The van der Waals surface area contributed by atoms with E-state index in [1.54, 1.807) is 0 Å². The monoisotopic (exact) mass is 248 g/mol. The van der Waals surface area contributed by atoms with Crippen molar-refractivity contribution in [1.29, 1.82) is 0 Å². The number of hydrogen-bond donors (Lipinski definition) is 0. The summed E-state index contributed by atoms with van der Waals surface area (Å²) in [5, 5.41) is 0. The molecule has 0 unspecified atom stereocenters. The van der Waals surface area contributed by atoms with Gasteiger partial charge in [-0.05, 0) is 19.5 Å². The first-order valence-electron chi connectivity index (χ1n) is 6.99. The Kier molecular flexibility index (Phi) is 5.02. The van der Waals surface area contributed by atoms with Crippen molar-refractivity contribution in [3.8, 4) is 5.75 Å². The first-order valence-corrected chi connectivity index (χ1v) is 6.99. The lowest BCUT2D eigenvalue weighted by atomic mass is 10.1. The van der Waals surface area contributed by atoms with Crippen LogP contribution in [0.25, 0.3) is 0 Å². The van der Waals surface area contributed by atoms with E-state index in [0.717, 1.165) is 32.0 Å². The van der Waals surface area contributed by atoms with Crippen molar-refractivity contribution >= 4 is 0 Å². The Balaban J connectivity index is 1.93. The highest BCUT2D eigenvalue weighted by Gasteiger charge is 2.16. The number of piperazine rings is 1. The second kappa shape index (κ2) is 6.76. The minimum atomic E-state index is 0.737. The SMILES string of the molecule is CCOc1ccccc1CN1CCN(CC)CC1. The van der Waals surface area contributed by atoms with Crippen molar-refractivity contribution in [3.05, 3.63) is 29.8 Å². The molecule has 1 aliphatic rings. The molecule has 0 atom stereocenters. The Morgan fingerprint density at radius 3 is 2.33 bits per heavy atom. The predicted molar refractivity (Wildman–Crippen MR) is 75.0 cm³/mol. The van der Waals surface area contributed by atoms with Crippen LogP contribution in [0.1, 0.15) is 19.4 Å². The number of nitrogens with zero attached hydrogens (tertiary/aromatic N) is 2. The van der Waals surface area contributed by atoms with E-state index >= 15 is 0 Å². The lowest BCUT2D eigenvalue weighted by Gasteiger charge is -2.34. The van der Waals surface area contributed by atoms with E-state index < -0.39 is 0 Å². The van der Waals surface area contributed by atoms with Gasteiger partial charge in [-0.15, -0.1) is 0 Å². The van der Waals surface area contributed by atoms with Crippen molar-refractivity contribution in [1.82, 2.24) is 9.80 Å². The summed E-state index contributed by atoms with van der Waals surface area (Å²) in [7, 11) is 0. The predicted octanol–water partition coefficient (Wildman–Crippen LogP) is 2.22. The molecule has 3 heteroatoms. The highest BCUT2D eigenvalue weighted by Crippen LogP contribution is 2.20. The molecule has 0 radical (unpaired) electrons. The fraction of sp³-hybridized carbons (Fsp3) is 0.600. The second-order valence-electron chi connectivity index (χ2n) is 4.75. The molecule has 0 spiro atoms. The molecule has 1 aliphatic heterocycles. The molecular formula is C15H24N2O. The molecule has 3 nitrogen and oxygen atoms in total. The molecule has 0 bridgehead atoms. The van der Waals surface area contributed by atoms with Crippen LogP contribution in [0.3, 0.4) is 0 Å². The van der Waals surface area contributed by atoms with E-state index in [4.69, 9.17) is 4.74 Å². The van der Waals surface area contributed by atoms with E-state index in [0.29, 0.717) is 0 Å². The second-order valence-corrected chi connectivity index (χ2v) is 4.75. The van der Waals surface area contributed by atoms with Gasteiger partial charge in [-0.25, -0.2) is 0 Å². The van der Waals surface area contributed by atoms with Crippen molar-refractivity contribution in [2.24, 2.45) is 0 Å². The molecule has 1 aromatic carbocycles. The quantitative estimate of drug-likeness (QED) is 0.794. The topological polar surface area (TPSA) is 15.7 Å². The van der Waals surface area contributed by atoms with Gasteiger partial charge in [-0.1, -0.05) is 25.1 Å². The Morgan fingerprint density at radius 2 is 1.67 bits per heavy atom. The van der Waals surface area contributed by atoms with Gasteiger partial charge in [0.05, 0.1) is 6.61 Å². The Morgan fingerprint density at radius 1 is 1.00 bits per heavy atom. The highest BCUT2D eigenvalue weighted by atomic mass is 16.5. The molecule has 1 fully saturated rings. The van der Waals surface area contributed by atoms with Crippen molar-refractivity contribution in [2.45, 2.75) is 20.4 Å². The van der Waals surface area contributed by atoms with Crippen molar-refractivity contribution in [3.63, 3.8) is 0 Å². The molecule has 18 heavy (non-hydrogen) atoms. The minimum absolute atomic E-state index is 0.737. The number of benzene rings is 1. The van der Waals surface area contributed by atoms with Crippen LogP contribution in [-0.2, 0) is 6.54 Å². The summed E-state index contributed by atoms with van der Waals surface area (Å²) in [6, 6.07) is 8.39. The standard InChI is InChI=1S/C15H24N2O/c1-3-16-9-11-17(12-10-16)13-14-7-5-6-8-15(14)18-4-2/h5-8H,3-4,9-13H2,1-2H3. The van der Waals surface area contributed by atoms with E-state index in [1.807, 2.05) is 13.0 Å². The van der Waals surface area contributed by atoms with Gasteiger partial charge in [0.2, 0.25) is 0 Å². The maximum Gasteiger partial charge on any atom is 0.123 e. The summed E-state index contributed by atoms with van der Waals surface area (Å²) >= 11 is 0. The molecule has 100 valence electrons. The zero-order valence-corrected chi connectivity index (χ0v) is 11.6. The Labute approximate surface area is 110 Å². The summed E-state index contributed by atoms with van der Waals surface area (Å²) in [5.41, 5.74) is 1.31. The van der Waals surface area contributed by atoms with Crippen LogP contribution < -0.4 is 4.74 Å². The van der Waals surface area contributed by atoms with Crippen LogP contribution in [0.2, 0.25) is 0 Å². The lowest BCUT2D eigenvalue weighted by Crippen LogP contribution is -2.45. The fourth-order valence-electron chi connectivity index (χ4n) is 2.44. The third kappa shape index (κ3) is 3.47. The molecule has 0 aliphatic carbocycles. The molecule has 0 aromatic heterocycles. The third-order valence-electron chi connectivity index (χ3n) is 3.58. The molecule has 1 heterocycles. The van der Waals surface area contributed by atoms with Crippen LogP contribution in [0.4, 0.5) is 0 Å². The summed E-state index contributed by atoms with van der Waals surface area (Å²) in [4.78, 5) is 5.02. The van der Waals surface area contributed by atoms with Crippen molar-refractivity contribution in [2.75, 3.05) is 39.3 Å². The number of para-hydroxylation sites is 1. The first kappa shape index (κ1) is 13.4. The first-order chi connectivity index (χ1) is 8.83.